The molecule has 0 fully saturated rings. The molecule has 0 unspecified atom stereocenters. The first-order valence-electron chi connectivity index (χ1n) is 5.40. The fourth-order valence-electron chi connectivity index (χ4n) is 1.51. The second-order valence-electron chi connectivity index (χ2n) is 5.05. The molecule has 0 aromatic heterocycles. The molecule has 0 N–H and O–H groups in total. The fourth-order valence-corrected chi connectivity index (χ4v) is 3.75. The van der Waals surface area contributed by atoms with Gasteiger partial charge in [-0.15, -0.1) is 0 Å². The Morgan fingerprint density at radius 3 is 2.56 bits per heavy atom. The van der Waals surface area contributed by atoms with E-state index in [9.17, 15) is 8.42 Å². The van der Waals surface area contributed by atoms with Gasteiger partial charge in [-0.2, -0.15) is 0 Å². The summed E-state index contributed by atoms with van der Waals surface area (Å²) >= 11 is 3.37. The molecule has 0 heterocycles. The number of rotatable bonds is 5. The van der Waals surface area contributed by atoms with E-state index in [0.717, 1.165) is 15.8 Å². The van der Waals surface area contributed by atoms with Gasteiger partial charge in [-0.25, -0.2) is 8.42 Å². The van der Waals surface area contributed by atoms with E-state index in [1.54, 1.807) is 13.8 Å². The van der Waals surface area contributed by atoms with E-state index in [1.807, 2.05) is 25.1 Å². The van der Waals surface area contributed by atoms with Crippen LogP contribution in [0.4, 0.5) is 0 Å². The lowest BCUT2D eigenvalue weighted by atomic mass is 9.98. The van der Waals surface area contributed by atoms with E-state index < -0.39 is 14.5 Å². The minimum atomic E-state index is -3.52. The second kappa shape index (κ2) is 5.80. The Kier molecular flexibility index (Phi) is 5.09. The molecule has 0 bridgehead atoms. The molecular weight excluding hydrogens is 340 g/mol. The van der Waals surface area contributed by atoms with Crippen molar-refractivity contribution in [3.63, 3.8) is 0 Å². The van der Waals surface area contributed by atoms with Crippen LogP contribution in [0.3, 0.4) is 0 Å². The van der Waals surface area contributed by atoms with Crippen molar-refractivity contribution in [3.05, 3.63) is 28.2 Å². The molecule has 3 nitrogen and oxygen atoms in total. The highest BCUT2D eigenvalue weighted by molar-refractivity contribution is 9.10. The Hall–Kier alpha value is -0.260. The summed E-state index contributed by atoms with van der Waals surface area (Å²) in [7, 11) is 1.74. The first-order chi connectivity index (χ1) is 8.09. The van der Waals surface area contributed by atoms with Gasteiger partial charge in [0.05, 0.1) is 12.4 Å². The standard InChI is InChI=1S/C12H16BrClO3S/c1-9-4-5-10(13)6-11(9)17-7-12(2,3)8-18(14,15)16/h4-6H,7-8H2,1-3H3. The third-order valence-electron chi connectivity index (χ3n) is 2.33. The van der Waals surface area contributed by atoms with Gasteiger partial charge in [-0.05, 0) is 24.6 Å². The molecule has 0 aliphatic rings. The molecule has 1 aromatic rings. The van der Waals surface area contributed by atoms with E-state index >= 15 is 0 Å². The van der Waals surface area contributed by atoms with Gasteiger partial charge in [0.1, 0.15) is 5.75 Å². The van der Waals surface area contributed by atoms with Crippen LogP contribution in [0.1, 0.15) is 19.4 Å². The average Bonchev–Trinajstić information content (AvgIpc) is 2.16. The van der Waals surface area contributed by atoms with E-state index in [2.05, 4.69) is 15.9 Å². The predicted molar refractivity (Wildman–Crippen MR) is 77.8 cm³/mol. The Morgan fingerprint density at radius 1 is 1.39 bits per heavy atom. The van der Waals surface area contributed by atoms with Gasteiger partial charge in [0.15, 0.2) is 0 Å². The largest absolute Gasteiger partial charge is 0.493 e. The first-order valence-corrected chi connectivity index (χ1v) is 8.67. The van der Waals surface area contributed by atoms with Crippen molar-refractivity contribution < 1.29 is 13.2 Å². The Balaban J connectivity index is 2.72. The van der Waals surface area contributed by atoms with Crippen molar-refractivity contribution in [2.45, 2.75) is 20.8 Å². The van der Waals surface area contributed by atoms with E-state index in [-0.39, 0.29) is 12.4 Å². The number of benzene rings is 1. The zero-order valence-corrected chi connectivity index (χ0v) is 13.7. The van der Waals surface area contributed by atoms with Gasteiger partial charge < -0.3 is 4.74 Å². The summed E-state index contributed by atoms with van der Waals surface area (Å²) in [6, 6.07) is 5.72. The van der Waals surface area contributed by atoms with Crippen molar-refractivity contribution in [2.24, 2.45) is 5.41 Å². The lowest BCUT2D eigenvalue weighted by Crippen LogP contribution is -2.28. The molecule has 0 saturated carbocycles. The van der Waals surface area contributed by atoms with Crippen molar-refractivity contribution >= 4 is 35.7 Å². The maximum Gasteiger partial charge on any atom is 0.233 e. The Bertz CT molecular complexity index is 526. The predicted octanol–water partition coefficient (Wildman–Crippen LogP) is 3.73. The maximum atomic E-state index is 11.1. The summed E-state index contributed by atoms with van der Waals surface area (Å²) < 4.78 is 28.8. The summed E-state index contributed by atoms with van der Waals surface area (Å²) in [5.74, 6) is 0.624. The second-order valence-corrected chi connectivity index (χ2v) is 8.74. The van der Waals surface area contributed by atoms with Crippen LogP contribution in [-0.4, -0.2) is 20.8 Å². The molecule has 0 aliphatic carbocycles. The van der Waals surface area contributed by atoms with Crippen molar-refractivity contribution in [2.75, 3.05) is 12.4 Å². The summed E-state index contributed by atoms with van der Waals surface area (Å²) in [5, 5.41) is 0. The van der Waals surface area contributed by atoms with Crippen LogP contribution in [0, 0.1) is 12.3 Å². The Morgan fingerprint density at radius 2 is 2.00 bits per heavy atom. The molecule has 18 heavy (non-hydrogen) atoms. The number of aryl methyl sites for hydroxylation is 1. The summed E-state index contributed by atoms with van der Waals surface area (Å²) in [4.78, 5) is 0. The monoisotopic (exact) mass is 354 g/mol. The zero-order chi connectivity index (χ0) is 14.0. The van der Waals surface area contributed by atoms with Crippen molar-refractivity contribution in [3.8, 4) is 5.75 Å². The van der Waals surface area contributed by atoms with Crippen LogP contribution < -0.4 is 4.74 Å². The van der Waals surface area contributed by atoms with Gasteiger partial charge in [-0.3, -0.25) is 0 Å². The van der Waals surface area contributed by atoms with Crippen molar-refractivity contribution in [1.29, 1.82) is 0 Å². The molecule has 102 valence electrons. The topological polar surface area (TPSA) is 43.4 Å². The minimum Gasteiger partial charge on any atom is -0.493 e. The normalized spacial score (nSPS) is 12.5. The maximum absolute atomic E-state index is 11.1. The fraction of sp³-hybridized carbons (Fsp3) is 0.500. The van der Waals surface area contributed by atoms with E-state index in [1.165, 1.54) is 0 Å². The number of halogens is 2. The van der Waals surface area contributed by atoms with Crippen LogP contribution in [0.5, 0.6) is 5.75 Å². The third-order valence-corrected chi connectivity index (χ3v) is 4.28. The number of hydrogen-bond acceptors (Lipinski definition) is 3. The molecule has 6 heteroatoms. The van der Waals surface area contributed by atoms with Gasteiger partial charge in [0.2, 0.25) is 9.05 Å². The number of ether oxygens (including phenoxy) is 1. The average molecular weight is 356 g/mol. The summed E-state index contributed by atoms with van der Waals surface area (Å²) in [5.41, 5.74) is 0.470. The van der Waals surface area contributed by atoms with Gasteiger partial charge in [0.25, 0.3) is 0 Å². The lowest BCUT2D eigenvalue weighted by Gasteiger charge is -2.23. The molecular formula is C12H16BrClO3S. The van der Waals surface area contributed by atoms with Gasteiger partial charge in [-0.1, -0.05) is 35.8 Å². The van der Waals surface area contributed by atoms with Crippen molar-refractivity contribution in [1.82, 2.24) is 0 Å². The van der Waals surface area contributed by atoms with Gasteiger partial charge >= 0.3 is 0 Å². The van der Waals surface area contributed by atoms with Crippen LogP contribution in [0.15, 0.2) is 22.7 Å². The number of hydrogen-bond donors (Lipinski definition) is 0. The highest BCUT2D eigenvalue weighted by Gasteiger charge is 2.26. The molecule has 0 aliphatic heterocycles. The third kappa shape index (κ3) is 5.59. The molecule has 1 rings (SSSR count). The van der Waals surface area contributed by atoms with Gasteiger partial charge in [0, 0.05) is 20.6 Å². The molecule has 0 radical (unpaired) electrons. The smallest absolute Gasteiger partial charge is 0.233 e. The summed E-state index contributed by atoms with van der Waals surface area (Å²) in [6.07, 6.45) is 0. The Labute approximate surface area is 121 Å². The molecule has 1 aromatic carbocycles. The van der Waals surface area contributed by atoms with Crippen LogP contribution in [0.25, 0.3) is 0 Å². The zero-order valence-electron chi connectivity index (χ0n) is 10.5. The molecule has 0 saturated heterocycles. The first kappa shape index (κ1) is 15.8. The minimum absolute atomic E-state index is 0.116. The molecule has 0 amide bonds. The highest BCUT2D eigenvalue weighted by Crippen LogP contribution is 2.26. The van der Waals surface area contributed by atoms with Crippen LogP contribution in [0.2, 0.25) is 0 Å². The SMILES string of the molecule is Cc1ccc(Br)cc1OCC(C)(C)CS(=O)(=O)Cl. The van der Waals surface area contributed by atoms with E-state index in [4.69, 9.17) is 15.4 Å². The molecule has 0 spiro atoms. The van der Waals surface area contributed by atoms with E-state index in [0.29, 0.717) is 0 Å². The quantitative estimate of drug-likeness (QED) is 0.756. The van der Waals surface area contributed by atoms with Crippen LogP contribution >= 0.6 is 26.6 Å². The van der Waals surface area contributed by atoms with Crippen LogP contribution in [-0.2, 0) is 9.05 Å². The highest BCUT2D eigenvalue weighted by atomic mass is 79.9. The lowest BCUT2D eigenvalue weighted by molar-refractivity contribution is 0.199. The summed E-state index contributed by atoms with van der Waals surface area (Å²) in [6.45, 7) is 5.84. The molecule has 0 atom stereocenters.